The zero-order valence-electron chi connectivity index (χ0n) is 3.76. The van der Waals surface area contributed by atoms with Gasteiger partial charge in [-0.15, -0.1) is 11.8 Å². The van der Waals surface area contributed by atoms with Crippen molar-refractivity contribution in [1.29, 1.82) is 0 Å². The molecule has 1 radical (unpaired) electrons. The molecule has 0 saturated heterocycles. The second kappa shape index (κ2) is 5.98. The summed E-state index contributed by atoms with van der Waals surface area (Å²) in [5, 5.41) is 4.32. The van der Waals surface area contributed by atoms with Gasteiger partial charge in [-0.05, 0) is 5.41 Å². The van der Waals surface area contributed by atoms with E-state index in [9.17, 15) is 0 Å². The van der Waals surface area contributed by atoms with Crippen LogP contribution in [-0.2, 0) is 0 Å². The van der Waals surface area contributed by atoms with Crippen molar-refractivity contribution in [3.63, 3.8) is 0 Å². The van der Waals surface area contributed by atoms with Crippen molar-refractivity contribution in [2.24, 2.45) is 5.73 Å². The normalized spacial score (nSPS) is 9.71. The van der Waals surface area contributed by atoms with E-state index in [0.29, 0.717) is 0 Å². The van der Waals surface area contributed by atoms with Crippen LogP contribution in [0.5, 0.6) is 0 Å². The zero-order valence-corrected chi connectivity index (χ0v) is 5.39. The lowest BCUT2D eigenvalue weighted by Gasteiger charge is -1.77. The van der Waals surface area contributed by atoms with Crippen LogP contribution in [0, 0.1) is 0 Å². The van der Waals surface area contributed by atoms with E-state index >= 15 is 0 Å². The first-order chi connectivity index (χ1) is 3.41. The average molecular weight is 132 g/mol. The molecule has 0 aliphatic heterocycles. The fourth-order valence-electron chi connectivity index (χ4n) is 0.138. The highest BCUT2D eigenvalue weighted by atomic mass is 32.2. The second-order valence-corrected chi connectivity index (χ2v) is 1.97. The van der Waals surface area contributed by atoms with Crippen molar-refractivity contribution in [3.8, 4) is 0 Å². The summed E-state index contributed by atoms with van der Waals surface area (Å²) in [5.41, 5.74) is 5.01. The van der Waals surface area contributed by atoms with Crippen LogP contribution in [0.3, 0.4) is 0 Å². The summed E-state index contributed by atoms with van der Waals surface area (Å²) in [6.45, 7) is 0. The molecule has 0 amide bonds. The van der Waals surface area contributed by atoms with Gasteiger partial charge in [0.25, 0.3) is 0 Å². The predicted molar refractivity (Wildman–Crippen MR) is 38.4 cm³/mol. The quantitative estimate of drug-likeness (QED) is 0.459. The van der Waals surface area contributed by atoms with E-state index in [1.807, 2.05) is 0 Å². The van der Waals surface area contributed by atoms with Gasteiger partial charge in [-0.1, -0.05) is 12.2 Å². The van der Waals surface area contributed by atoms with Gasteiger partial charge < -0.3 is 5.73 Å². The van der Waals surface area contributed by atoms with Crippen molar-refractivity contribution < 1.29 is 0 Å². The molecule has 39 valence electrons. The number of hydrogen-bond donors (Lipinski definition) is 1. The van der Waals surface area contributed by atoms with Crippen LogP contribution < -0.4 is 5.73 Å². The molecule has 0 rings (SSSR count). The Bertz CT molecular complexity index is 70.1. The molecule has 0 spiro atoms. The minimum absolute atomic E-state index is 0.739. The third-order valence-corrected chi connectivity index (χ3v) is 1.30. The van der Waals surface area contributed by atoms with Gasteiger partial charge in [-0.2, -0.15) is 0 Å². The van der Waals surface area contributed by atoms with Crippen LogP contribution in [0.4, 0.5) is 0 Å². The molecule has 0 aliphatic rings. The van der Waals surface area contributed by atoms with Gasteiger partial charge in [0.2, 0.25) is 0 Å². The van der Waals surface area contributed by atoms with Crippen LogP contribution in [0.2, 0.25) is 0 Å². The number of thioether (sulfide) groups is 1. The van der Waals surface area contributed by atoms with E-state index < -0.39 is 0 Å². The van der Waals surface area contributed by atoms with E-state index in [1.54, 1.807) is 5.41 Å². The molecule has 0 saturated carbocycles. The summed E-state index contributed by atoms with van der Waals surface area (Å²) in [6.07, 6.45) is 1.48. The molecule has 2 N–H and O–H groups in total. The zero-order chi connectivity index (χ0) is 5.54. The molecule has 0 aliphatic carbocycles. The Balaban J connectivity index is 2.82. The topological polar surface area (TPSA) is 26.0 Å². The van der Waals surface area contributed by atoms with Crippen molar-refractivity contribution in [2.75, 3.05) is 5.75 Å². The summed E-state index contributed by atoms with van der Waals surface area (Å²) in [6, 6.07) is 0. The molecule has 0 aromatic carbocycles. The van der Waals surface area contributed by atoms with Gasteiger partial charge in [0, 0.05) is 17.3 Å². The van der Waals surface area contributed by atoms with E-state index in [0.717, 1.165) is 5.75 Å². The second-order valence-electron chi connectivity index (χ2n) is 0.784. The Kier molecular flexibility index (Phi) is 5.96. The van der Waals surface area contributed by atoms with Gasteiger partial charge in [0.1, 0.15) is 0 Å². The van der Waals surface area contributed by atoms with Gasteiger partial charge in [0.15, 0.2) is 0 Å². The highest BCUT2D eigenvalue weighted by Crippen LogP contribution is 1.96. The summed E-state index contributed by atoms with van der Waals surface area (Å²) < 4.78 is 0. The third-order valence-electron chi connectivity index (χ3n) is 0.317. The number of thiocarbonyl (C=S) groups is 1. The summed E-state index contributed by atoms with van der Waals surface area (Å²) >= 11 is 5.95. The third kappa shape index (κ3) is 5.98. The largest absolute Gasteiger partial charge is 0.404 e. The molecule has 0 bridgehead atoms. The van der Waals surface area contributed by atoms with Gasteiger partial charge >= 0.3 is 0 Å². The maximum absolute atomic E-state index is 5.01. The number of hydrogen-bond acceptors (Lipinski definition) is 3. The van der Waals surface area contributed by atoms with E-state index in [2.05, 4.69) is 17.6 Å². The van der Waals surface area contributed by atoms with Crippen LogP contribution in [-0.4, -0.2) is 11.1 Å². The molecule has 0 fully saturated rings. The molecule has 7 heavy (non-hydrogen) atoms. The Labute approximate surface area is 53.0 Å². The van der Waals surface area contributed by atoms with E-state index in [-0.39, 0.29) is 0 Å². The molecular formula is C4H6NS2. The first-order valence-electron chi connectivity index (χ1n) is 1.75. The smallest absolute Gasteiger partial charge is 0.0402 e. The molecule has 0 aromatic heterocycles. The SMILES string of the molecule is N/C=C/SC[C]=S. The van der Waals surface area contributed by atoms with Gasteiger partial charge in [-0.3, -0.25) is 0 Å². The number of nitrogens with two attached hydrogens (primary N) is 1. The first-order valence-corrected chi connectivity index (χ1v) is 3.21. The molecule has 1 nitrogen and oxygen atoms in total. The predicted octanol–water partition coefficient (Wildman–Crippen LogP) is 1.03. The molecule has 0 aromatic rings. The fraction of sp³-hybridized carbons (Fsp3) is 0.250. The molecule has 3 heteroatoms. The summed E-state index contributed by atoms with van der Waals surface area (Å²) in [5.74, 6) is 0.739. The van der Waals surface area contributed by atoms with Crippen molar-refractivity contribution in [2.45, 2.75) is 0 Å². The van der Waals surface area contributed by atoms with Crippen LogP contribution in [0.15, 0.2) is 11.6 Å². The van der Waals surface area contributed by atoms with Crippen LogP contribution >= 0.6 is 24.0 Å². The summed E-state index contributed by atoms with van der Waals surface area (Å²) in [4.78, 5) is 0. The van der Waals surface area contributed by atoms with Crippen LogP contribution in [0.25, 0.3) is 0 Å². The van der Waals surface area contributed by atoms with E-state index in [1.165, 1.54) is 18.0 Å². The standard InChI is InChI=1S/C4H6NS2/c5-1-3-7-4-2-6/h1,3H,4-5H2/b3-1+. The van der Waals surface area contributed by atoms with Crippen molar-refractivity contribution >= 4 is 29.3 Å². The van der Waals surface area contributed by atoms with Crippen molar-refractivity contribution in [1.82, 2.24) is 0 Å². The maximum atomic E-state index is 5.01. The van der Waals surface area contributed by atoms with Crippen molar-refractivity contribution in [3.05, 3.63) is 11.6 Å². The minimum Gasteiger partial charge on any atom is -0.404 e. The minimum atomic E-state index is 0.739. The van der Waals surface area contributed by atoms with Gasteiger partial charge in [-0.25, -0.2) is 0 Å². The molecule has 0 unspecified atom stereocenters. The highest BCUT2D eigenvalue weighted by molar-refractivity contribution is 8.03. The summed E-state index contributed by atoms with van der Waals surface area (Å²) in [7, 11) is 0. The molecule has 0 heterocycles. The fourth-order valence-corrected chi connectivity index (χ4v) is 0.617. The molecular weight excluding hydrogens is 126 g/mol. The lowest BCUT2D eigenvalue weighted by atomic mass is 11.0. The van der Waals surface area contributed by atoms with Crippen LogP contribution in [0.1, 0.15) is 0 Å². The number of rotatable bonds is 3. The maximum Gasteiger partial charge on any atom is 0.0402 e. The first kappa shape index (κ1) is 6.98. The van der Waals surface area contributed by atoms with Gasteiger partial charge in [0.05, 0.1) is 0 Å². The average Bonchev–Trinajstić information content (AvgIpc) is 1.69. The monoisotopic (exact) mass is 132 g/mol. The Morgan fingerprint density at radius 2 is 2.57 bits per heavy atom. The highest BCUT2D eigenvalue weighted by Gasteiger charge is 1.70. The Morgan fingerprint density at radius 3 is 3.00 bits per heavy atom. The Hall–Kier alpha value is -0.0200. The molecule has 0 atom stereocenters. The van der Waals surface area contributed by atoms with E-state index in [4.69, 9.17) is 5.73 Å². The Morgan fingerprint density at radius 1 is 1.86 bits per heavy atom. The lowest BCUT2D eigenvalue weighted by Crippen LogP contribution is -1.74. The lowest BCUT2D eigenvalue weighted by molar-refractivity contribution is 1.63.